The van der Waals surface area contributed by atoms with Crippen molar-refractivity contribution in [1.82, 2.24) is 4.90 Å². The second kappa shape index (κ2) is 8.36. The molecule has 0 spiro atoms. The SMILES string of the molecule is CC(=O)c1cccc(NC(=O)[C@H](Cc2ccccc2)N2C(=O)c3ccccc3C2=O)c1. The van der Waals surface area contributed by atoms with Gasteiger partial charge in [0.25, 0.3) is 11.8 Å². The van der Waals surface area contributed by atoms with Gasteiger partial charge < -0.3 is 5.32 Å². The third kappa shape index (κ3) is 4.00. The van der Waals surface area contributed by atoms with Crippen LogP contribution in [0.5, 0.6) is 0 Å². The summed E-state index contributed by atoms with van der Waals surface area (Å²) in [7, 11) is 0. The summed E-state index contributed by atoms with van der Waals surface area (Å²) >= 11 is 0. The summed E-state index contributed by atoms with van der Waals surface area (Å²) in [6.45, 7) is 1.44. The number of ketones is 1. The van der Waals surface area contributed by atoms with Crippen LogP contribution in [0.3, 0.4) is 0 Å². The highest BCUT2D eigenvalue weighted by atomic mass is 16.2. The van der Waals surface area contributed by atoms with Gasteiger partial charge in [-0.3, -0.25) is 24.1 Å². The third-order valence-electron chi connectivity index (χ3n) is 5.25. The van der Waals surface area contributed by atoms with Crippen LogP contribution in [0, 0.1) is 0 Å². The van der Waals surface area contributed by atoms with Crippen molar-refractivity contribution >= 4 is 29.2 Å². The maximum Gasteiger partial charge on any atom is 0.262 e. The van der Waals surface area contributed by atoms with Crippen LogP contribution in [0.4, 0.5) is 5.69 Å². The minimum atomic E-state index is -1.05. The Morgan fingerprint density at radius 3 is 2.06 bits per heavy atom. The van der Waals surface area contributed by atoms with Crippen LogP contribution >= 0.6 is 0 Å². The highest BCUT2D eigenvalue weighted by molar-refractivity contribution is 6.23. The minimum Gasteiger partial charge on any atom is -0.324 e. The van der Waals surface area contributed by atoms with Crippen LogP contribution < -0.4 is 5.32 Å². The molecule has 1 aliphatic rings. The number of imide groups is 1. The molecule has 1 N–H and O–H groups in total. The van der Waals surface area contributed by atoms with Gasteiger partial charge in [0.15, 0.2) is 5.78 Å². The molecule has 3 amide bonds. The van der Waals surface area contributed by atoms with Gasteiger partial charge in [0.1, 0.15) is 6.04 Å². The molecular formula is C25H20N2O4. The maximum absolute atomic E-state index is 13.3. The smallest absolute Gasteiger partial charge is 0.262 e. The van der Waals surface area contributed by atoms with Crippen molar-refractivity contribution in [2.24, 2.45) is 0 Å². The number of benzene rings is 3. The Morgan fingerprint density at radius 2 is 1.45 bits per heavy atom. The molecule has 0 aliphatic carbocycles. The average molecular weight is 412 g/mol. The minimum absolute atomic E-state index is 0.128. The average Bonchev–Trinajstić information content (AvgIpc) is 3.03. The van der Waals surface area contributed by atoms with Crippen LogP contribution in [-0.2, 0) is 11.2 Å². The Kier molecular flexibility index (Phi) is 5.45. The van der Waals surface area contributed by atoms with E-state index in [0.717, 1.165) is 10.5 Å². The van der Waals surface area contributed by atoms with E-state index in [1.807, 2.05) is 30.3 Å². The Morgan fingerprint density at radius 1 is 0.839 bits per heavy atom. The lowest BCUT2D eigenvalue weighted by molar-refractivity contribution is -0.119. The Hall–Kier alpha value is -4.06. The molecule has 0 unspecified atom stereocenters. The van der Waals surface area contributed by atoms with E-state index in [1.165, 1.54) is 6.92 Å². The van der Waals surface area contributed by atoms with E-state index in [4.69, 9.17) is 0 Å². The normalized spacial score (nSPS) is 13.6. The van der Waals surface area contributed by atoms with Crippen LogP contribution in [0.15, 0.2) is 78.9 Å². The van der Waals surface area contributed by atoms with E-state index in [2.05, 4.69) is 5.32 Å². The van der Waals surface area contributed by atoms with E-state index in [9.17, 15) is 19.2 Å². The second-order valence-corrected chi connectivity index (χ2v) is 7.36. The molecule has 0 saturated carbocycles. The van der Waals surface area contributed by atoms with Crippen molar-refractivity contribution in [2.45, 2.75) is 19.4 Å². The Bertz CT molecular complexity index is 1150. The number of Topliss-reactive ketones (excluding diaryl/α,β-unsaturated/α-hetero) is 1. The molecule has 3 aromatic carbocycles. The molecule has 1 heterocycles. The zero-order valence-corrected chi connectivity index (χ0v) is 16.9. The number of nitrogens with zero attached hydrogens (tertiary/aromatic N) is 1. The first kappa shape index (κ1) is 20.2. The summed E-state index contributed by atoms with van der Waals surface area (Å²) in [5.41, 5.74) is 2.27. The number of hydrogen-bond acceptors (Lipinski definition) is 4. The van der Waals surface area contributed by atoms with E-state index in [1.54, 1.807) is 48.5 Å². The number of amides is 3. The molecule has 0 fully saturated rings. The predicted octanol–water partition coefficient (Wildman–Crippen LogP) is 3.74. The molecule has 0 saturated heterocycles. The first-order chi connectivity index (χ1) is 15.0. The van der Waals surface area contributed by atoms with Gasteiger partial charge in [-0.05, 0) is 36.8 Å². The molecule has 31 heavy (non-hydrogen) atoms. The molecule has 4 rings (SSSR count). The van der Waals surface area contributed by atoms with Crippen molar-refractivity contribution in [3.8, 4) is 0 Å². The molecule has 3 aromatic rings. The molecule has 1 aliphatic heterocycles. The lowest BCUT2D eigenvalue weighted by Crippen LogP contribution is -2.48. The fourth-order valence-electron chi connectivity index (χ4n) is 3.67. The van der Waals surface area contributed by atoms with Gasteiger partial charge >= 0.3 is 0 Å². The van der Waals surface area contributed by atoms with Crippen LogP contribution in [0.2, 0.25) is 0 Å². The Labute approximate surface area is 179 Å². The van der Waals surface area contributed by atoms with Crippen LogP contribution in [0.1, 0.15) is 43.6 Å². The van der Waals surface area contributed by atoms with Crippen LogP contribution in [0.25, 0.3) is 0 Å². The zero-order chi connectivity index (χ0) is 22.0. The largest absolute Gasteiger partial charge is 0.324 e. The first-order valence-corrected chi connectivity index (χ1v) is 9.88. The van der Waals surface area contributed by atoms with Crippen molar-refractivity contribution in [3.63, 3.8) is 0 Å². The molecule has 6 nitrogen and oxygen atoms in total. The van der Waals surface area contributed by atoms with E-state index in [-0.39, 0.29) is 23.3 Å². The van der Waals surface area contributed by atoms with Crippen LogP contribution in [-0.4, -0.2) is 34.4 Å². The zero-order valence-electron chi connectivity index (χ0n) is 16.9. The number of carbonyl (C=O) groups is 4. The number of rotatable bonds is 6. The molecule has 0 aromatic heterocycles. The fourth-order valence-corrected chi connectivity index (χ4v) is 3.67. The van der Waals surface area contributed by atoms with E-state index < -0.39 is 23.8 Å². The summed E-state index contributed by atoms with van der Waals surface area (Å²) in [5, 5.41) is 2.77. The van der Waals surface area contributed by atoms with Crippen molar-refractivity contribution in [2.75, 3.05) is 5.32 Å². The number of hydrogen-bond donors (Lipinski definition) is 1. The standard InChI is InChI=1S/C25H20N2O4/c1-16(28)18-10-7-11-19(15-18)26-23(29)22(14-17-8-3-2-4-9-17)27-24(30)20-12-5-6-13-21(20)25(27)31/h2-13,15,22H,14H2,1H3,(H,26,29)/t22-/m0/s1. The maximum atomic E-state index is 13.3. The van der Waals surface area contributed by atoms with Crippen molar-refractivity contribution in [3.05, 3.63) is 101 Å². The van der Waals surface area contributed by atoms with E-state index >= 15 is 0 Å². The molecular weight excluding hydrogens is 392 g/mol. The lowest BCUT2D eigenvalue weighted by atomic mass is 10.0. The summed E-state index contributed by atoms with van der Waals surface area (Å²) in [6.07, 6.45) is 0.171. The van der Waals surface area contributed by atoms with Gasteiger partial charge in [-0.2, -0.15) is 0 Å². The molecule has 0 bridgehead atoms. The Balaban J connectivity index is 1.67. The van der Waals surface area contributed by atoms with Gasteiger partial charge in [0.05, 0.1) is 11.1 Å². The second-order valence-electron chi connectivity index (χ2n) is 7.36. The summed E-state index contributed by atoms with van der Waals surface area (Å²) in [4.78, 5) is 52.0. The summed E-state index contributed by atoms with van der Waals surface area (Å²) in [5.74, 6) is -1.61. The topological polar surface area (TPSA) is 83.6 Å². The van der Waals surface area contributed by atoms with Gasteiger partial charge in [0, 0.05) is 17.7 Å². The number of fused-ring (bicyclic) bond motifs is 1. The van der Waals surface area contributed by atoms with Crippen molar-refractivity contribution in [1.29, 1.82) is 0 Å². The van der Waals surface area contributed by atoms with Gasteiger partial charge in [-0.15, -0.1) is 0 Å². The highest BCUT2D eigenvalue weighted by Gasteiger charge is 2.42. The quantitative estimate of drug-likeness (QED) is 0.494. The number of anilines is 1. The monoisotopic (exact) mass is 412 g/mol. The fraction of sp³-hybridized carbons (Fsp3) is 0.120. The molecule has 1 atom stereocenters. The molecule has 0 radical (unpaired) electrons. The first-order valence-electron chi connectivity index (χ1n) is 9.88. The van der Waals surface area contributed by atoms with E-state index in [0.29, 0.717) is 11.3 Å². The number of carbonyl (C=O) groups excluding carboxylic acids is 4. The number of nitrogens with one attached hydrogen (secondary N) is 1. The molecule has 154 valence electrons. The third-order valence-corrected chi connectivity index (χ3v) is 5.25. The van der Waals surface area contributed by atoms with Gasteiger partial charge in [-0.1, -0.05) is 54.6 Å². The lowest BCUT2D eigenvalue weighted by Gasteiger charge is -2.25. The van der Waals surface area contributed by atoms with Crippen molar-refractivity contribution < 1.29 is 19.2 Å². The summed E-state index contributed by atoms with van der Waals surface area (Å²) in [6, 6.07) is 21.3. The van der Waals surface area contributed by atoms with Gasteiger partial charge in [-0.25, -0.2) is 0 Å². The highest BCUT2D eigenvalue weighted by Crippen LogP contribution is 2.26. The predicted molar refractivity (Wildman–Crippen MR) is 116 cm³/mol. The summed E-state index contributed by atoms with van der Waals surface area (Å²) < 4.78 is 0. The van der Waals surface area contributed by atoms with Gasteiger partial charge in [0.2, 0.25) is 5.91 Å². The molecule has 6 heteroatoms.